The molecule has 0 amide bonds. The van der Waals surface area contributed by atoms with Crippen molar-refractivity contribution in [2.75, 3.05) is 11.9 Å². The molecule has 2 rings (SSSR count). The third-order valence-corrected chi connectivity index (χ3v) is 4.15. The molecule has 0 radical (unpaired) electrons. The molecule has 0 saturated heterocycles. The Morgan fingerprint density at radius 1 is 1.15 bits per heavy atom. The smallest absolute Gasteiger partial charge is 0.343 e. The van der Waals surface area contributed by atoms with Crippen molar-refractivity contribution in [3.8, 4) is 0 Å². The van der Waals surface area contributed by atoms with Crippen LogP contribution in [0.2, 0.25) is 0 Å². The van der Waals surface area contributed by atoms with Crippen LogP contribution in [0.4, 0.5) is 22.6 Å². The first kappa shape index (κ1) is 19.6. The largest absolute Gasteiger partial charge is 0.462 e. The van der Waals surface area contributed by atoms with Crippen molar-refractivity contribution in [2.45, 2.75) is 13.8 Å². The molecule has 1 aromatic heterocycles. The summed E-state index contributed by atoms with van der Waals surface area (Å²) in [6.45, 7) is 2.30. The summed E-state index contributed by atoms with van der Waals surface area (Å²) < 4.78 is 59.4. The number of Topliss-reactive ketones (excluding diaryl/α,β-unsaturated/α-hetero) is 1. The van der Waals surface area contributed by atoms with Gasteiger partial charge in [-0.15, -0.1) is 11.3 Å². The van der Waals surface area contributed by atoms with Crippen LogP contribution in [0.3, 0.4) is 0 Å². The van der Waals surface area contributed by atoms with E-state index in [9.17, 15) is 27.2 Å². The van der Waals surface area contributed by atoms with E-state index in [1.54, 1.807) is 17.5 Å². The van der Waals surface area contributed by atoms with Gasteiger partial charge in [-0.3, -0.25) is 4.79 Å². The van der Waals surface area contributed by atoms with E-state index < -0.39 is 51.7 Å². The standard InChI is InChI=1S/C17H13F4NO3S/c1-3-25-17(24)9(7-22-10-5-4-6-26-10)16(23)11-8(2)12(18)14(20)15(21)13(11)19/h4-7,22H,3H2,1-2H3. The molecule has 0 aliphatic carbocycles. The van der Waals surface area contributed by atoms with Gasteiger partial charge in [-0.05, 0) is 31.4 Å². The normalized spacial score (nSPS) is 11.4. The number of rotatable bonds is 6. The summed E-state index contributed by atoms with van der Waals surface area (Å²) in [5.74, 6) is -10.2. The maximum atomic E-state index is 14.1. The minimum absolute atomic E-state index is 0.0872. The zero-order valence-electron chi connectivity index (χ0n) is 13.7. The van der Waals surface area contributed by atoms with E-state index in [4.69, 9.17) is 4.74 Å². The highest BCUT2D eigenvalue weighted by Gasteiger charge is 2.31. The molecule has 9 heteroatoms. The Balaban J connectivity index is 2.54. The average Bonchev–Trinajstić information content (AvgIpc) is 3.12. The van der Waals surface area contributed by atoms with Crippen LogP contribution < -0.4 is 5.32 Å². The van der Waals surface area contributed by atoms with Crippen molar-refractivity contribution < 1.29 is 31.9 Å². The fourth-order valence-electron chi connectivity index (χ4n) is 2.08. The summed E-state index contributed by atoms with van der Waals surface area (Å²) in [4.78, 5) is 24.6. The number of thiophene rings is 1. The van der Waals surface area contributed by atoms with Crippen LogP contribution in [0.15, 0.2) is 29.3 Å². The molecular formula is C17H13F4NO3S. The highest BCUT2D eigenvalue weighted by Crippen LogP contribution is 2.26. The van der Waals surface area contributed by atoms with E-state index in [0.717, 1.165) is 13.1 Å². The summed E-state index contributed by atoms with van der Waals surface area (Å²) >= 11 is 1.25. The number of carbonyl (C=O) groups excluding carboxylic acids is 2. The molecule has 4 nitrogen and oxygen atoms in total. The van der Waals surface area contributed by atoms with Gasteiger partial charge in [0.1, 0.15) is 5.57 Å². The van der Waals surface area contributed by atoms with Gasteiger partial charge in [-0.1, -0.05) is 0 Å². The zero-order chi connectivity index (χ0) is 19.4. The lowest BCUT2D eigenvalue weighted by Crippen LogP contribution is -2.21. The lowest BCUT2D eigenvalue weighted by Gasteiger charge is -2.12. The van der Waals surface area contributed by atoms with Crippen LogP contribution in [0.1, 0.15) is 22.8 Å². The fourth-order valence-corrected chi connectivity index (χ4v) is 2.66. The van der Waals surface area contributed by atoms with Crippen molar-refractivity contribution in [3.63, 3.8) is 0 Å². The first-order chi connectivity index (χ1) is 12.3. The fraction of sp³-hybridized carbons (Fsp3) is 0.176. The Bertz CT molecular complexity index is 850. The number of hydrogen-bond acceptors (Lipinski definition) is 5. The van der Waals surface area contributed by atoms with Gasteiger partial charge in [0.15, 0.2) is 23.3 Å². The van der Waals surface area contributed by atoms with E-state index in [1.807, 2.05) is 0 Å². The predicted molar refractivity (Wildman–Crippen MR) is 88.0 cm³/mol. The number of nitrogens with one attached hydrogen (secondary N) is 1. The number of esters is 1. The quantitative estimate of drug-likeness (QED) is 0.117. The van der Waals surface area contributed by atoms with Crippen LogP contribution >= 0.6 is 11.3 Å². The van der Waals surface area contributed by atoms with Gasteiger partial charge >= 0.3 is 5.97 Å². The third kappa shape index (κ3) is 3.77. The van der Waals surface area contributed by atoms with Crippen LogP contribution in [0.25, 0.3) is 0 Å². The van der Waals surface area contributed by atoms with E-state index in [0.29, 0.717) is 5.00 Å². The van der Waals surface area contributed by atoms with Crippen molar-refractivity contribution >= 4 is 28.1 Å². The Labute approximate surface area is 150 Å². The van der Waals surface area contributed by atoms with Crippen molar-refractivity contribution in [3.05, 3.63) is 63.7 Å². The summed E-state index contributed by atoms with van der Waals surface area (Å²) in [5.41, 5.74) is -2.51. The summed E-state index contributed by atoms with van der Waals surface area (Å²) in [5, 5.41) is 4.91. The van der Waals surface area contributed by atoms with Crippen molar-refractivity contribution in [1.82, 2.24) is 0 Å². The number of carbonyl (C=O) groups is 2. The number of anilines is 1. The molecule has 1 N–H and O–H groups in total. The zero-order valence-corrected chi connectivity index (χ0v) is 14.5. The Kier molecular flexibility index (Phi) is 6.14. The topological polar surface area (TPSA) is 55.4 Å². The monoisotopic (exact) mass is 387 g/mol. The molecule has 0 fully saturated rings. The SMILES string of the molecule is CCOC(=O)C(=CNc1cccs1)C(=O)c1c(C)c(F)c(F)c(F)c1F. The molecule has 0 atom stereocenters. The molecular weight excluding hydrogens is 374 g/mol. The van der Waals surface area contributed by atoms with Crippen LogP contribution in [-0.2, 0) is 9.53 Å². The first-order valence-corrected chi connectivity index (χ1v) is 8.22. The number of ether oxygens (including phenoxy) is 1. The maximum Gasteiger partial charge on any atom is 0.343 e. The van der Waals surface area contributed by atoms with Gasteiger partial charge in [0.25, 0.3) is 0 Å². The second-order valence-electron chi connectivity index (χ2n) is 4.99. The van der Waals surface area contributed by atoms with Gasteiger partial charge < -0.3 is 10.1 Å². The molecule has 0 aliphatic heterocycles. The molecule has 0 saturated carbocycles. The first-order valence-electron chi connectivity index (χ1n) is 7.34. The van der Waals surface area contributed by atoms with Crippen LogP contribution in [0, 0.1) is 30.2 Å². The molecule has 0 spiro atoms. The highest BCUT2D eigenvalue weighted by molar-refractivity contribution is 7.14. The minimum Gasteiger partial charge on any atom is -0.462 e. The Hall–Kier alpha value is -2.68. The molecule has 1 aromatic carbocycles. The van der Waals surface area contributed by atoms with Crippen molar-refractivity contribution in [1.29, 1.82) is 0 Å². The summed E-state index contributed by atoms with van der Waals surface area (Å²) in [6.07, 6.45) is 0.949. The molecule has 138 valence electrons. The van der Waals surface area contributed by atoms with Gasteiger partial charge in [0.2, 0.25) is 5.78 Å². The Morgan fingerprint density at radius 2 is 1.81 bits per heavy atom. The number of benzene rings is 1. The lowest BCUT2D eigenvalue weighted by molar-refractivity contribution is -0.138. The van der Waals surface area contributed by atoms with Gasteiger partial charge in [-0.2, -0.15) is 0 Å². The van der Waals surface area contributed by atoms with Gasteiger partial charge in [0, 0.05) is 11.8 Å². The van der Waals surface area contributed by atoms with E-state index >= 15 is 0 Å². The Morgan fingerprint density at radius 3 is 2.38 bits per heavy atom. The van der Waals surface area contributed by atoms with Crippen LogP contribution in [-0.4, -0.2) is 18.4 Å². The molecule has 0 aliphatic rings. The summed E-state index contributed by atoms with van der Waals surface area (Å²) in [6, 6.07) is 3.33. The summed E-state index contributed by atoms with van der Waals surface area (Å²) in [7, 11) is 0. The predicted octanol–water partition coefficient (Wildman–Crippen LogP) is 4.35. The molecule has 0 bridgehead atoms. The molecule has 1 heterocycles. The van der Waals surface area contributed by atoms with Gasteiger partial charge in [0.05, 0.1) is 17.2 Å². The highest BCUT2D eigenvalue weighted by atomic mass is 32.1. The third-order valence-electron chi connectivity index (χ3n) is 3.35. The number of halogens is 4. The molecule has 0 unspecified atom stereocenters. The van der Waals surface area contributed by atoms with E-state index in [1.165, 1.54) is 18.3 Å². The minimum atomic E-state index is -2.13. The molecule has 26 heavy (non-hydrogen) atoms. The lowest BCUT2D eigenvalue weighted by atomic mass is 9.97. The number of ketones is 1. The molecule has 2 aromatic rings. The average molecular weight is 387 g/mol. The second kappa shape index (κ2) is 8.13. The van der Waals surface area contributed by atoms with E-state index in [-0.39, 0.29) is 6.61 Å². The second-order valence-corrected chi connectivity index (χ2v) is 5.93. The van der Waals surface area contributed by atoms with Crippen molar-refractivity contribution in [2.24, 2.45) is 0 Å². The maximum absolute atomic E-state index is 14.1. The number of hydrogen-bond donors (Lipinski definition) is 1. The van der Waals surface area contributed by atoms with Crippen LogP contribution in [0.5, 0.6) is 0 Å². The van der Waals surface area contributed by atoms with E-state index in [2.05, 4.69) is 5.32 Å². The van der Waals surface area contributed by atoms with Gasteiger partial charge in [-0.25, -0.2) is 22.4 Å².